The maximum atomic E-state index is 5.97. The van der Waals surface area contributed by atoms with Gasteiger partial charge < -0.3 is 11.1 Å². The zero-order valence-corrected chi connectivity index (χ0v) is 12.8. The van der Waals surface area contributed by atoms with Gasteiger partial charge in [0.2, 0.25) is 17.0 Å². The van der Waals surface area contributed by atoms with E-state index in [1.54, 1.807) is 6.07 Å². The Kier molecular flexibility index (Phi) is 3.23. The van der Waals surface area contributed by atoms with E-state index in [0.717, 1.165) is 15.9 Å². The minimum Gasteiger partial charge on any atom is -0.368 e. The van der Waals surface area contributed by atoms with E-state index in [9.17, 15) is 0 Å². The number of aromatic nitrogens is 4. The number of rotatable bonds is 3. The fourth-order valence-electron chi connectivity index (χ4n) is 2.21. The quantitative estimate of drug-likeness (QED) is 0.565. The third kappa shape index (κ3) is 2.64. The predicted molar refractivity (Wildman–Crippen MR) is 94.1 cm³/mol. The average molecular weight is 318 g/mol. The summed E-state index contributed by atoms with van der Waals surface area (Å²) < 4.78 is 2.60. The molecule has 3 N–H and O–H groups in total. The lowest BCUT2D eigenvalue weighted by Gasteiger charge is -2.02. The molecule has 8 heteroatoms. The third-order valence-electron chi connectivity index (χ3n) is 3.24. The highest BCUT2D eigenvalue weighted by atomic mass is 32.1. The number of nitrogens with two attached hydrogens (primary N) is 1. The zero-order valence-electron chi connectivity index (χ0n) is 12.0. The van der Waals surface area contributed by atoms with Crippen molar-refractivity contribution in [2.45, 2.75) is 0 Å². The number of thiazole rings is 1. The first-order chi connectivity index (χ1) is 11.2. The molecule has 0 amide bonds. The van der Waals surface area contributed by atoms with Crippen molar-refractivity contribution in [2.75, 3.05) is 11.1 Å². The molecule has 0 aliphatic rings. The fraction of sp³-hybridized carbons (Fsp3) is 0. The van der Waals surface area contributed by atoms with Crippen LogP contribution in [0.4, 0.5) is 17.6 Å². The molecule has 4 rings (SSSR count). The van der Waals surface area contributed by atoms with Gasteiger partial charge in [-0.05, 0) is 24.3 Å². The SMILES string of the molecule is [B]c1cccc(Nc2nc(N)n(-c3nc4ccccc4s3)n2)c1. The maximum Gasteiger partial charge on any atom is 0.248 e. The Morgan fingerprint density at radius 1 is 1.09 bits per heavy atom. The Hall–Kier alpha value is -2.87. The van der Waals surface area contributed by atoms with Gasteiger partial charge in [0.1, 0.15) is 7.85 Å². The summed E-state index contributed by atoms with van der Waals surface area (Å²) in [6.07, 6.45) is 0. The topological polar surface area (TPSA) is 81.6 Å². The first kappa shape index (κ1) is 13.8. The summed E-state index contributed by atoms with van der Waals surface area (Å²) in [5, 5.41) is 8.14. The summed E-state index contributed by atoms with van der Waals surface area (Å²) >= 11 is 1.51. The first-order valence-corrected chi connectivity index (χ1v) is 7.72. The number of anilines is 3. The first-order valence-electron chi connectivity index (χ1n) is 6.90. The summed E-state index contributed by atoms with van der Waals surface area (Å²) in [6, 6.07) is 15.2. The monoisotopic (exact) mass is 318 g/mol. The lowest BCUT2D eigenvalue weighted by Crippen LogP contribution is -2.03. The second-order valence-corrected chi connectivity index (χ2v) is 5.93. The van der Waals surface area contributed by atoms with Crippen molar-refractivity contribution in [1.82, 2.24) is 19.7 Å². The van der Waals surface area contributed by atoms with Crippen molar-refractivity contribution >= 4 is 52.4 Å². The van der Waals surface area contributed by atoms with E-state index in [-0.39, 0.29) is 5.95 Å². The smallest absolute Gasteiger partial charge is 0.248 e. The molecule has 0 unspecified atom stereocenters. The maximum absolute atomic E-state index is 5.97. The van der Waals surface area contributed by atoms with Crippen molar-refractivity contribution < 1.29 is 0 Å². The van der Waals surface area contributed by atoms with Crippen LogP contribution in [0.25, 0.3) is 15.3 Å². The Morgan fingerprint density at radius 3 is 2.78 bits per heavy atom. The molecular formula is C15H11BN6S. The van der Waals surface area contributed by atoms with Crippen LogP contribution in [0.2, 0.25) is 0 Å². The summed E-state index contributed by atoms with van der Waals surface area (Å²) in [5.74, 6) is 0.669. The van der Waals surface area contributed by atoms with E-state index in [0.29, 0.717) is 16.5 Å². The van der Waals surface area contributed by atoms with Gasteiger partial charge in [-0.1, -0.05) is 41.1 Å². The van der Waals surface area contributed by atoms with E-state index >= 15 is 0 Å². The van der Waals surface area contributed by atoms with Crippen LogP contribution in [0.3, 0.4) is 0 Å². The van der Waals surface area contributed by atoms with Gasteiger partial charge in [0.25, 0.3) is 0 Å². The summed E-state index contributed by atoms with van der Waals surface area (Å²) in [5.41, 5.74) is 8.34. The van der Waals surface area contributed by atoms with E-state index in [1.165, 1.54) is 16.0 Å². The number of para-hydroxylation sites is 1. The number of nitrogen functional groups attached to an aromatic ring is 1. The lowest BCUT2D eigenvalue weighted by molar-refractivity contribution is 0.886. The molecule has 0 fully saturated rings. The van der Waals surface area contributed by atoms with Gasteiger partial charge in [-0.3, -0.25) is 0 Å². The minimum absolute atomic E-state index is 0.274. The van der Waals surface area contributed by atoms with Crippen LogP contribution in [0, 0.1) is 0 Å². The van der Waals surface area contributed by atoms with Crippen LogP contribution in [0.5, 0.6) is 0 Å². The molecule has 2 aromatic heterocycles. The number of nitrogens with zero attached hydrogens (tertiary/aromatic N) is 4. The molecule has 6 nitrogen and oxygen atoms in total. The van der Waals surface area contributed by atoms with Gasteiger partial charge in [-0.15, -0.1) is 5.10 Å². The van der Waals surface area contributed by atoms with Gasteiger partial charge in [-0.25, -0.2) is 4.98 Å². The molecule has 0 saturated heterocycles. The Bertz CT molecular complexity index is 959. The van der Waals surface area contributed by atoms with Gasteiger partial charge in [0.15, 0.2) is 0 Å². The molecule has 0 spiro atoms. The molecule has 110 valence electrons. The van der Waals surface area contributed by atoms with Crippen LogP contribution < -0.4 is 16.5 Å². The highest BCUT2D eigenvalue weighted by molar-refractivity contribution is 7.20. The van der Waals surface area contributed by atoms with E-state index in [4.69, 9.17) is 13.6 Å². The molecule has 2 heterocycles. The van der Waals surface area contributed by atoms with Crippen molar-refractivity contribution in [3.63, 3.8) is 0 Å². The van der Waals surface area contributed by atoms with Crippen molar-refractivity contribution in [1.29, 1.82) is 0 Å². The van der Waals surface area contributed by atoms with Crippen LogP contribution >= 0.6 is 11.3 Å². The molecular weight excluding hydrogens is 307 g/mol. The summed E-state index contributed by atoms with van der Waals surface area (Å²) in [6.45, 7) is 0. The molecule has 2 aromatic carbocycles. The van der Waals surface area contributed by atoms with Gasteiger partial charge in [0, 0.05) is 5.69 Å². The van der Waals surface area contributed by atoms with E-state index < -0.39 is 0 Å². The molecule has 0 aliphatic heterocycles. The molecule has 0 bridgehead atoms. The summed E-state index contributed by atoms with van der Waals surface area (Å²) in [4.78, 5) is 8.76. The van der Waals surface area contributed by atoms with Crippen molar-refractivity contribution in [2.24, 2.45) is 0 Å². The standard InChI is InChI=1S/C15H11BN6S/c16-9-4-3-5-10(8-9)18-14-20-13(17)22(21-14)15-19-11-6-1-2-7-12(11)23-15/h1-8H,(H3,17,18,20,21). The number of hydrogen-bond donors (Lipinski definition) is 2. The number of nitrogens with one attached hydrogen (secondary N) is 1. The highest BCUT2D eigenvalue weighted by Gasteiger charge is 2.13. The van der Waals surface area contributed by atoms with Crippen molar-refractivity contribution in [3.05, 3.63) is 48.5 Å². The van der Waals surface area contributed by atoms with Crippen LogP contribution in [0.15, 0.2) is 48.5 Å². The minimum atomic E-state index is 0.274. The lowest BCUT2D eigenvalue weighted by atomic mass is 9.96. The number of hydrogen-bond acceptors (Lipinski definition) is 6. The molecule has 4 aromatic rings. The van der Waals surface area contributed by atoms with E-state index in [2.05, 4.69) is 20.4 Å². The van der Waals surface area contributed by atoms with Crippen molar-refractivity contribution in [3.8, 4) is 5.13 Å². The molecule has 2 radical (unpaired) electrons. The summed E-state index contributed by atoms with van der Waals surface area (Å²) in [7, 11) is 5.76. The Balaban J connectivity index is 1.69. The Morgan fingerprint density at radius 2 is 1.96 bits per heavy atom. The molecule has 0 atom stereocenters. The average Bonchev–Trinajstić information content (AvgIpc) is 3.10. The van der Waals surface area contributed by atoms with Crippen LogP contribution in [-0.2, 0) is 0 Å². The largest absolute Gasteiger partial charge is 0.368 e. The predicted octanol–water partition coefficient (Wildman–Crippen LogP) is 2.00. The van der Waals surface area contributed by atoms with Gasteiger partial charge in [0.05, 0.1) is 10.2 Å². The second-order valence-electron chi connectivity index (χ2n) is 4.92. The normalized spacial score (nSPS) is 11.0. The number of fused-ring (bicyclic) bond motifs is 1. The van der Waals surface area contributed by atoms with Gasteiger partial charge >= 0.3 is 0 Å². The molecule has 0 aliphatic carbocycles. The van der Waals surface area contributed by atoms with Crippen LogP contribution in [0.1, 0.15) is 0 Å². The van der Waals surface area contributed by atoms with Crippen LogP contribution in [-0.4, -0.2) is 27.6 Å². The zero-order chi connectivity index (χ0) is 15.8. The molecule has 23 heavy (non-hydrogen) atoms. The Labute approximate surface area is 137 Å². The highest BCUT2D eigenvalue weighted by Crippen LogP contribution is 2.26. The second kappa shape index (κ2) is 5.40. The van der Waals surface area contributed by atoms with Gasteiger partial charge in [-0.2, -0.15) is 9.67 Å². The fourth-order valence-corrected chi connectivity index (χ4v) is 3.14. The third-order valence-corrected chi connectivity index (χ3v) is 4.25. The molecule has 0 saturated carbocycles. The van der Waals surface area contributed by atoms with E-state index in [1.807, 2.05) is 42.5 Å². The number of benzene rings is 2.